The Morgan fingerprint density at radius 2 is 1.72 bits per heavy atom. The van der Waals surface area contributed by atoms with E-state index in [0.29, 0.717) is 5.82 Å². The van der Waals surface area contributed by atoms with Gasteiger partial charge in [-0.05, 0) is 11.5 Å². The van der Waals surface area contributed by atoms with Gasteiger partial charge in [0.25, 0.3) is 0 Å². The molecule has 1 heterocycles. The summed E-state index contributed by atoms with van der Waals surface area (Å²) < 4.78 is 48.9. The fourth-order valence-corrected chi connectivity index (χ4v) is 4.58. The first-order valence-electron chi connectivity index (χ1n) is 4.99. The van der Waals surface area contributed by atoms with Crippen molar-refractivity contribution in [3.05, 3.63) is 5.82 Å². The highest BCUT2D eigenvalue weighted by atomic mass is 32.2. The number of nitrogens with zero attached hydrogens (tertiary/aromatic N) is 2. The summed E-state index contributed by atoms with van der Waals surface area (Å²) in [5.41, 5.74) is -0.357. The van der Waals surface area contributed by atoms with Gasteiger partial charge in [0.2, 0.25) is 24.2 Å². The van der Waals surface area contributed by atoms with E-state index in [1.165, 1.54) is 0 Å². The Balaban J connectivity index is 2.97. The molecule has 0 radical (unpaired) electrons. The fourth-order valence-electron chi connectivity index (χ4n) is 0.954. The first-order chi connectivity index (χ1) is 7.92. The van der Waals surface area contributed by atoms with Crippen molar-refractivity contribution in [3.63, 3.8) is 0 Å². The number of hydrogen-bond donors (Lipinski definition) is 1. The van der Waals surface area contributed by atoms with Crippen molar-refractivity contribution in [2.45, 2.75) is 30.5 Å². The largest absolute Gasteiger partial charge is 0.229 e. The zero-order valence-electron chi connectivity index (χ0n) is 10.2. The zero-order valence-corrected chi connectivity index (χ0v) is 12.7. The van der Waals surface area contributed by atoms with Crippen LogP contribution in [0.3, 0.4) is 0 Å². The molecular weight excluding hydrogens is 298 g/mol. The molecule has 1 aromatic rings. The number of aromatic nitrogens is 2. The van der Waals surface area contributed by atoms with Gasteiger partial charge in [0.05, 0.1) is 11.5 Å². The lowest BCUT2D eigenvalue weighted by atomic mass is 9.96. The number of sulfonamides is 1. The molecule has 104 valence electrons. The summed E-state index contributed by atoms with van der Waals surface area (Å²) in [6.07, 6.45) is 0. The average Bonchev–Trinajstić information content (AvgIpc) is 2.62. The second-order valence-electron chi connectivity index (χ2n) is 4.82. The Morgan fingerprint density at radius 1 is 1.17 bits per heavy atom. The summed E-state index contributed by atoms with van der Waals surface area (Å²) in [5, 5.41) is 4.77. The van der Waals surface area contributed by atoms with Gasteiger partial charge in [0.1, 0.15) is 5.82 Å². The molecular formula is C8H15N3O4S3. The normalized spacial score (nSPS) is 13.8. The van der Waals surface area contributed by atoms with Crippen molar-refractivity contribution in [2.24, 2.45) is 5.14 Å². The molecule has 0 aliphatic rings. The molecule has 7 nitrogen and oxygen atoms in total. The molecule has 0 unspecified atom stereocenters. The third-order valence-corrected chi connectivity index (χ3v) is 5.87. The predicted molar refractivity (Wildman–Crippen MR) is 68.6 cm³/mol. The second kappa shape index (κ2) is 4.83. The highest BCUT2D eigenvalue weighted by Gasteiger charge is 2.26. The number of primary sulfonamides is 1. The Hall–Kier alpha value is -0.580. The van der Waals surface area contributed by atoms with E-state index in [2.05, 4.69) is 9.36 Å². The van der Waals surface area contributed by atoms with Gasteiger partial charge >= 0.3 is 0 Å². The zero-order chi connectivity index (χ0) is 14.2. The van der Waals surface area contributed by atoms with Gasteiger partial charge in [-0.1, -0.05) is 20.8 Å². The first-order valence-corrected chi connectivity index (χ1v) is 9.13. The van der Waals surface area contributed by atoms with Crippen molar-refractivity contribution in [1.29, 1.82) is 0 Å². The van der Waals surface area contributed by atoms with E-state index in [1.54, 1.807) is 0 Å². The van der Waals surface area contributed by atoms with Crippen LogP contribution in [-0.4, -0.2) is 37.7 Å². The van der Waals surface area contributed by atoms with Gasteiger partial charge in [0, 0.05) is 5.41 Å². The molecule has 2 N–H and O–H groups in total. The molecule has 10 heteroatoms. The van der Waals surface area contributed by atoms with Crippen LogP contribution in [0.15, 0.2) is 4.34 Å². The standard InChI is InChI=1S/C8H15N3O4S3/c1-8(2,3)6-10-7(16-11-6)17(12,13)4-5-18(9,14)15/h4-5H2,1-3H3,(H2,9,14,15). The third-order valence-electron chi connectivity index (χ3n) is 1.98. The molecule has 18 heavy (non-hydrogen) atoms. The molecule has 1 rings (SSSR count). The molecule has 0 fully saturated rings. The Labute approximate surface area is 111 Å². The van der Waals surface area contributed by atoms with Gasteiger partial charge in [-0.15, -0.1) is 0 Å². The average molecular weight is 313 g/mol. The fraction of sp³-hybridized carbons (Fsp3) is 0.750. The summed E-state index contributed by atoms with van der Waals surface area (Å²) in [7, 11) is -7.56. The molecule has 0 saturated heterocycles. The molecule has 1 aromatic heterocycles. The Bertz CT molecular complexity index is 625. The number of rotatable bonds is 4. The van der Waals surface area contributed by atoms with Crippen molar-refractivity contribution in [3.8, 4) is 0 Å². The maximum absolute atomic E-state index is 11.8. The van der Waals surface area contributed by atoms with E-state index in [4.69, 9.17) is 5.14 Å². The lowest BCUT2D eigenvalue weighted by Crippen LogP contribution is -2.23. The quantitative estimate of drug-likeness (QED) is 0.828. The van der Waals surface area contributed by atoms with E-state index in [0.717, 1.165) is 11.5 Å². The summed E-state index contributed by atoms with van der Waals surface area (Å²) in [5.74, 6) is -0.786. The summed E-state index contributed by atoms with van der Waals surface area (Å²) in [4.78, 5) is 3.94. The van der Waals surface area contributed by atoms with Crippen LogP contribution in [0.1, 0.15) is 26.6 Å². The van der Waals surface area contributed by atoms with Crippen molar-refractivity contribution in [2.75, 3.05) is 11.5 Å². The molecule has 0 amide bonds. The molecule has 0 aliphatic carbocycles. The van der Waals surface area contributed by atoms with E-state index >= 15 is 0 Å². The van der Waals surface area contributed by atoms with Gasteiger partial charge in [-0.2, -0.15) is 4.37 Å². The monoisotopic (exact) mass is 313 g/mol. The molecule has 0 aliphatic heterocycles. The van der Waals surface area contributed by atoms with Crippen LogP contribution in [0.5, 0.6) is 0 Å². The maximum atomic E-state index is 11.8. The van der Waals surface area contributed by atoms with Crippen molar-refractivity contribution in [1.82, 2.24) is 9.36 Å². The molecule has 0 atom stereocenters. The minimum Gasteiger partial charge on any atom is -0.229 e. The van der Waals surface area contributed by atoms with E-state index < -0.39 is 31.4 Å². The topological polar surface area (TPSA) is 120 Å². The minimum atomic E-state index is -3.81. The molecule has 0 saturated carbocycles. The highest BCUT2D eigenvalue weighted by Crippen LogP contribution is 2.23. The Kier molecular flexibility index (Phi) is 4.16. The van der Waals surface area contributed by atoms with Crippen LogP contribution in [-0.2, 0) is 25.3 Å². The van der Waals surface area contributed by atoms with Crippen LogP contribution < -0.4 is 5.14 Å². The van der Waals surface area contributed by atoms with Gasteiger partial charge in [-0.25, -0.2) is 27.0 Å². The summed E-state index contributed by atoms with van der Waals surface area (Å²) >= 11 is 0.749. The summed E-state index contributed by atoms with van der Waals surface area (Å²) in [6.45, 7) is 5.57. The van der Waals surface area contributed by atoms with Crippen molar-refractivity contribution >= 4 is 31.4 Å². The predicted octanol–water partition coefficient (Wildman–Crippen LogP) is -0.102. The van der Waals surface area contributed by atoms with Crippen LogP contribution >= 0.6 is 11.5 Å². The van der Waals surface area contributed by atoms with Gasteiger partial charge in [-0.3, -0.25) is 0 Å². The Morgan fingerprint density at radius 3 is 2.11 bits per heavy atom. The van der Waals surface area contributed by atoms with E-state index in [9.17, 15) is 16.8 Å². The smallest absolute Gasteiger partial charge is 0.228 e. The van der Waals surface area contributed by atoms with E-state index in [1.807, 2.05) is 20.8 Å². The van der Waals surface area contributed by atoms with Gasteiger partial charge < -0.3 is 0 Å². The lowest BCUT2D eigenvalue weighted by molar-refractivity contribution is 0.548. The molecule has 0 spiro atoms. The molecule has 0 bridgehead atoms. The van der Waals surface area contributed by atoms with Crippen LogP contribution in [0.4, 0.5) is 0 Å². The van der Waals surface area contributed by atoms with Crippen molar-refractivity contribution < 1.29 is 16.8 Å². The highest BCUT2D eigenvalue weighted by molar-refractivity contribution is 7.95. The first kappa shape index (κ1) is 15.5. The second-order valence-corrected chi connectivity index (χ2v) is 9.59. The van der Waals surface area contributed by atoms with E-state index in [-0.39, 0.29) is 9.75 Å². The van der Waals surface area contributed by atoms with Crippen LogP contribution in [0.25, 0.3) is 0 Å². The lowest BCUT2D eigenvalue weighted by Gasteiger charge is -2.12. The summed E-state index contributed by atoms with van der Waals surface area (Å²) in [6, 6.07) is 0. The maximum Gasteiger partial charge on any atom is 0.228 e. The van der Waals surface area contributed by atoms with Gasteiger partial charge in [0.15, 0.2) is 0 Å². The minimum absolute atomic E-state index is 0.170. The van der Waals surface area contributed by atoms with Crippen LogP contribution in [0, 0.1) is 0 Å². The SMILES string of the molecule is CC(C)(C)c1nsc(S(=O)(=O)CCS(N)(=O)=O)n1. The number of sulfone groups is 1. The number of nitrogens with two attached hydrogens (primary N) is 1. The van der Waals surface area contributed by atoms with Crippen LogP contribution in [0.2, 0.25) is 0 Å². The third kappa shape index (κ3) is 4.26. The number of hydrogen-bond acceptors (Lipinski definition) is 7. The molecule has 0 aromatic carbocycles.